The van der Waals surface area contributed by atoms with Crippen molar-refractivity contribution in [1.82, 2.24) is 4.98 Å². The number of rotatable bonds is 0. The van der Waals surface area contributed by atoms with Crippen molar-refractivity contribution in [2.45, 2.75) is 44.1 Å². The molecule has 1 N–H and O–H groups in total. The smallest absolute Gasteiger partial charge is 0.0574 e. The van der Waals surface area contributed by atoms with Gasteiger partial charge >= 0.3 is 0 Å². The van der Waals surface area contributed by atoms with Gasteiger partial charge in [0.1, 0.15) is 0 Å². The van der Waals surface area contributed by atoms with Gasteiger partial charge in [0.2, 0.25) is 0 Å². The molecule has 0 bridgehead atoms. The maximum atomic E-state index is 10.0. The van der Waals surface area contributed by atoms with E-state index in [4.69, 9.17) is 0 Å². The van der Waals surface area contributed by atoms with E-state index in [2.05, 4.69) is 11.1 Å². The standard InChI is InChI=1S/C13H17NO/c15-13-5-1-3-9-10-4-2-8-14-12(10)7-6-11(9)13/h2,4,8-9,11,13,15H,1,3,5-7H2. The fourth-order valence-electron chi connectivity index (χ4n) is 3.32. The average Bonchev–Trinajstić information content (AvgIpc) is 2.29. The highest BCUT2D eigenvalue weighted by atomic mass is 16.3. The number of aryl methyl sites for hydroxylation is 1. The molecule has 0 aliphatic heterocycles. The van der Waals surface area contributed by atoms with Crippen molar-refractivity contribution in [3.8, 4) is 0 Å². The summed E-state index contributed by atoms with van der Waals surface area (Å²) >= 11 is 0. The van der Waals surface area contributed by atoms with Crippen LogP contribution in [0.2, 0.25) is 0 Å². The molecule has 3 rings (SSSR count). The van der Waals surface area contributed by atoms with E-state index in [0.29, 0.717) is 11.8 Å². The monoisotopic (exact) mass is 203 g/mol. The van der Waals surface area contributed by atoms with Crippen LogP contribution in [0.25, 0.3) is 0 Å². The van der Waals surface area contributed by atoms with Gasteiger partial charge in [-0.25, -0.2) is 0 Å². The SMILES string of the molecule is OC1CCCC2c3cccnc3CCC12. The van der Waals surface area contributed by atoms with Crippen molar-refractivity contribution in [2.24, 2.45) is 5.92 Å². The predicted octanol–water partition coefficient (Wildman–Crippen LogP) is 2.27. The van der Waals surface area contributed by atoms with Crippen LogP contribution >= 0.6 is 0 Å². The van der Waals surface area contributed by atoms with Gasteiger partial charge in [0.25, 0.3) is 0 Å². The van der Waals surface area contributed by atoms with Crippen LogP contribution in [0.4, 0.5) is 0 Å². The van der Waals surface area contributed by atoms with Crippen LogP contribution in [0.1, 0.15) is 42.9 Å². The summed E-state index contributed by atoms with van der Waals surface area (Å²) in [6.45, 7) is 0. The Bertz CT molecular complexity index is 363. The first kappa shape index (κ1) is 9.34. The van der Waals surface area contributed by atoms with Gasteiger partial charge in [-0.2, -0.15) is 0 Å². The molecule has 80 valence electrons. The third-order valence-corrected chi connectivity index (χ3v) is 4.07. The molecule has 1 fully saturated rings. The van der Waals surface area contributed by atoms with E-state index in [1.807, 2.05) is 12.3 Å². The molecule has 3 unspecified atom stereocenters. The van der Waals surface area contributed by atoms with Crippen LogP contribution in [0.5, 0.6) is 0 Å². The molecule has 2 nitrogen and oxygen atoms in total. The number of aliphatic hydroxyl groups is 1. The molecule has 15 heavy (non-hydrogen) atoms. The summed E-state index contributed by atoms with van der Waals surface area (Å²) in [5.41, 5.74) is 2.68. The molecule has 1 heterocycles. The molecule has 0 aromatic carbocycles. The van der Waals surface area contributed by atoms with Crippen molar-refractivity contribution >= 4 is 0 Å². The van der Waals surface area contributed by atoms with Gasteiger partial charge in [-0.05, 0) is 49.1 Å². The lowest BCUT2D eigenvalue weighted by Crippen LogP contribution is -2.34. The van der Waals surface area contributed by atoms with Crippen molar-refractivity contribution in [3.63, 3.8) is 0 Å². The van der Waals surface area contributed by atoms with E-state index in [0.717, 1.165) is 25.7 Å². The zero-order chi connectivity index (χ0) is 10.3. The maximum absolute atomic E-state index is 10.0. The average molecular weight is 203 g/mol. The van der Waals surface area contributed by atoms with Crippen LogP contribution in [0.15, 0.2) is 18.3 Å². The lowest BCUT2D eigenvalue weighted by molar-refractivity contribution is 0.0465. The molecule has 0 amide bonds. The van der Waals surface area contributed by atoms with Gasteiger partial charge < -0.3 is 5.11 Å². The Morgan fingerprint density at radius 2 is 2.20 bits per heavy atom. The van der Waals surface area contributed by atoms with E-state index < -0.39 is 0 Å². The summed E-state index contributed by atoms with van der Waals surface area (Å²) in [4.78, 5) is 4.45. The molecule has 2 aliphatic rings. The minimum absolute atomic E-state index is 0.0721. The van der Waals surface area contributed by atoms with Crippen molar-refractivity contribution in [1.29, 1.82) is 0 Å². The first-order valence-corrected chi connectivity index (χ1v) is 5.98. The molecule has 2 aliphatic carbocycles. The van der Waals surface area contributed by atoms with Crippen molar-refractivity contribution in [2.75, 3.05) is 0 Å². The highest BCUT2D eigenvalue weighted by molar-refractivity contribution is 5.28. The molecule has 1 aromatic rings. The third-order valence-electron chi connectivity index (χ3n) is 4.07. The quantitative estimate of drug-likeness (QED) is 0.701. The van der Waals surface area contributed by atoms with Crippen LogP contribution in [0.3, 0.4) is 0 Å². The first-order chi connectivity index (χ1) is 7.36. The zero-order valence-corrected chi connectivity index (χ0v) is 8.89. The number of nitrogens with zero attached hydrogens (tertiary/aromatic N) is 1. The van der Waals surface area contributed by atoms with Crippen LogP contribution in [-0.4, -0.2) is 16.2 Å². The number of aliphatic hydroxyl groups excluding tert-OH is 1. The van der Waals surface area contributed by atoms with Gasteiger partial charge in [-0.1, -0.05) is 12.5 Å². The molecule has 1 saturated carbocycles. The summed E-state index contributed by atoms with van der Waals surface area (Å²) in [6, 6.07) is 4.24. The number of hydrogen-bond acceptors (Lipinski definition) is 2. The minimum Gasteiger partial charge on any atom is -0.393 e. The van der Waals surface area contributed by atoms with Gasteiger partial charge in [0, 0.05) is 11.9 Å². The Morgan fingerprint density at radius 1 is 1.27 bits per heavy atom. The molecule has 3 atom stereocenters. The summed E-state index contributed by atoms with van der Waals surface area (Å²) < 4.78 is 0. The summed E-state index contributed by atoms with van der Waals surface area (Å²) in [7, 11) is 0. The Balaban J connectivity index is 1.99. The number of fused-ring (bicyclic) bond motifs is 3. The first-order valence-electron chi connectivity index (χ1n) is 5.98. The summed E-state index contributed by atoms with van der Waals surface area (Å²) in [6.07, 6.45) is 7.38. The maximum Gasteiger partial charge on any atom is 0.0574 e. The largest absolute Gasteiger partial charge is 0.393 e. The zero-order valence-electron chi connectivity index (χ0n) is 8.89. The van der Waals surface area contributed by atoms with Crippen molar-refractivity contribution in [3.05, 3.63) is 29.6 Å². The molecule has 1 aromatic heterocycles. The molecule has 0 spiro atoms. The van der Waals surface area contributed by atoms with Gasteiger partial charge in [0.15, 0.2) is 0 Å². The van der Waals surface area contributed by atoms with Crippen molar-refractivity contribution < 1.29 is 5.11 Å². The van der Waals surface area contributed by atoms with Crippen LogP contribution in [0, 0.1) is 5.92 Å². The molecular weight excluding hydrogens is 186 g/mol. The van der Waals surface area contributed by atoms with E-state index in [-0.39, 0.29) is 6.10 Å². The summed E-state index contributed by atoms with van der Waals surface area (Å²) in [5.74, 6) is 1.07. The molecule has 2 heteroatoms. The fourth-order valence-corrected chi connectivity index (χ4v) is 3.32. The molecule has 0 radical (unpaired) electrons. The van der Waals surface area contributed by atoms with E-state index in [1.54, 1.807) is 0 Å². The number of aromatic nitrogens is 1. The Kier molecular flexibility index (Phi) is 2.24. The Hall–Kier alpha value is -0.890. The Labute approximate surface area is 90.4 Å². The molecule has 0 saturated heterocycles. The highest BCUT2D eigenvalue weighted by Gasteiger charge is 2.36. The van der Waals surface area contributed by atoms with E-state index >= 15 is 0 Å². The number of pyridine rings is 1. The highest BCUT2D eigenvalue weighted by Crippen LogP contribution is 2.44. The second kappa shape index (κ2) is 3.60. The third kappa shape index (κ3) is 1.48. The number of hydrogen-bond donors (Lipinski definition) is 1. The Morgan fingerprint density at radius 3 is 3.13 bits per heavy atom. The lowest BCUT2D eigenvalue weighted by Gasteiger charge is -2.39. The van der Waals surface area contributed by atoms with E-state index in [1.165, 1.54) is 17.7 Å². The van der Waals surface area contributed by atoms with E-state index in [9.17, 15) is 5.11 Å². The topological polar surface area (TPSA) is 33.1 Å². The minimum atomic E-state index is -0.0721. The predicted molar refractivity (Wildman–Crippen MR) is 58.6 cm³/mol. The molecular formula is C13H17NO. The van der Waals surface area contributed by atoms with Gasteiger partial charge in [-0.3, -0.25) is 4.98 Å². The fraction of sp³-hybridized carbons (Fsp3) is 0.615. The normalized spacial score (nSPS) is 34.3. The summed E-state index contributed by atoms with van der Waals surface area (Å²) in [5, 5.41) is 10.0. The van der Waals surface area contributed by atoms with Crippen LogP contribution < -0.4 is 0 Å². The lowest BCUT2D eigenvalue weighted by atomic mass is 9.68. The van der Waals surface area contributed by atoms with Crippen LogP contribution in [-0.2, 0) is 6.42 Å². The van der Waals surface area contributed by atoms with Gasteiger partial charge in [-0.15, -0.1) is 0 Å². The second-order valence-electron chi connectivity index (χ2n) is 4.85. The second-order valence-corrected chi connectivity index (χ2v) is 4.85. The van der Waals surface area contributed by atoms with Gasteiger partial charge in [0.05, 0.1) is 6.10 Å².